The molecular weight excluding hydrogens is 448 g/mol. The molecule has 0 aliphatic heterocycles. The molecule has 0 unspecified atom stereocenters. The predicted octanol–water partition coefficient (Wildman–Crippen LogP) is 2.46. The second-order valence-electron chi connectivity index (χ2n) is 5.66. The van der Waals surface area contributed by atoms with Crippen molar-refractivity contribution in [1.82, 2.24) is 4.72 Å². The number of benzene rings is 2. The van der Waals surface area contributed by atoms with Gasteiger partial charge in [0.15, 0.2) is 6.61 Å². The lowest BCUT2D eigenvalue weighted by Crippen LogP contribution is -2.24. The van der Waals surface area contributed by atoms with E-state index in [-0.39, 0.29) is 17.0 Å². The molecule has 0 aromatic heterocycles. The molecule has 2 N–H and O–H groups in total. The summed E-state index contributed by atoms with van der Waals surface area (Å²) in [5.74, 6) is 0.913. The summed E-state index contributed by atoms with van der Waals surface area (Å²) in [6.45, 7) is 1.29. The largest absolute Gasteiger partial charge is 0.452 e. The second-order valence-corrected chi connectivity index (χ2v) is 8.28. The van der Waals surface area contributed by atoms with Crippen LogP contribution in [0.4, 0.5) is 5.69 Å². The summed E-state index contributed by atoms with van der Waals surface area (Å²) in [4.78, 5) is 24.0. The van der Waals surface area contributed by atoms with Gasteiger partial charge in [-0.15, -0.1) is 6.42 Å². The summed E-state index contributed by atoms with van der Waals surface area (Å²) in [5.41, 5.74) is 1.69. The summed E-state index contributed by atoms with van der Waals surface area (Å²) in [6, 6.07) is 10.5. The third-order valence-corrected chi connectivity index (χ3v) is 5.57. The fourth-order valence-corrected chi connectivity index (χ4v) is 3.64. The second kappa shape index (κ2) is 9.50. The van der Waals surface area contributed by atoms with Gasteiger partial charge in [-0.1, -0.05) is 12.0 Å². The van der Waals surface area contributed by atoms with Crippen LogP contribution >= 0.6 is 15.9 Å². The van der Waals surface area contributed by atoms with Crippen LogP contribution in [-0.4, -0.2) is 33.4 Å². The Bertz CT molecular complexity index is 1030. The highest BCUT2D eigenvalue weighted by Gasteiger charge is 2.15. The minimum atomic E-state index is -3.75. The molecule has 0 spiro atoms. The zero-order chi connectivity index (χ0) is 20.7. The van der Waals surface area contributed by atoms with Gasteiger partial charge >= 0.3 is 5.97 Å². The molecule has 7 nitrogen and oxygen atoms in total. The van der Waals surface area contributed by atoms with Crippen molar-refractivity contribution in [3.8, 4) is 12.3 Å². The molecule has 0 fully saturated rings. The van der Waals surface area contributed by atoms with Crippen LogP contribution in [0.15, 0.2) is 51.8 Å². The van der Waals surface area contributed by atoms with Gasteiger partial charge in [-0.3, -0.25) is 4.79 Å². The van der Waals surface area contributed by atoms with Gasteiger partial charge in [0, 0.05) is 4.47 Å². The quantitative estimate of drug-likeness (QED) is 0.483. The first-order chi connectivity index (χ1) is 13.2. The fourth-order valence-electron chi connectivity index (χ4n) is 2.11. The van der Waals surface area contributed by atoms with Crippen LogP contribution in [0, 0.1) is 19.3 Å². The van der Waals surface area contributed by atoms with Gasteiger partial charge in [0.25, 0.3) is 5.91 Å². The van der Waals surface area contributed by atoms with Crippen LogP contribution in [0.1, 0.15) is 15.9 Å². The number of halogens is 1. The van der Waals surface area contributed by atoms with Gasteiger partial charge in [-0.2, -0.15) is 4.72 Å². The minimum absolute atomic E-state index is 0.0405. The molecule has 0 heterocycles. The van der Waals surface area contributed by atoms with E-state index in [9.17, 15) is 18.0 Å². The Morgan fingerprint density at radius 1 is 1.18 bits per heavy atom. The third-order valence-electron chi connectivity index (χ3n) is 3.50. The summed E-state index contributed by atoms with van der Waals surface area (Å²) in [7, 11) is -3.75. The van der Waals surface area contributed by atoms with E-state index in [1.54, 1.807) is 6.07 Å². The lowest BCUT2D eigenvalue weighted by molar-refractivity contribution is -0.119. The fraction of sp³-hybridized carbons (Fsp3) is 0.158. The highest BCUT2D eigenvalue weighted by Crippen LogP contribution is 2.23. The predicted molar refractivity (Wildman–Crippen MR) is 108 cm³/mol. The van der Waals surface area contributed by atoms with Crippen LogP contribution < -0.4 is 10.0 Å². The van der Waals surface area contributed by atoms with Crippen molar-refractivity contribution >= 4 is 43.5 Å². The van der Waals surface area contributed by atoms with E-state index < -0.39 is 28.5 Å². The number of nitrogens with one attached hydrogen (secondary N) is 2. The molecule has 0 saturated heterocycles. The first-order valence-corrected chi connectivity index (χ1v) is 10.3. The van der Waals surface area contributed by atoms with E-state index in [0.29, 0.717) is 10.2 Å². The van der Waals surface area contributed by atoms with Gasteiger partial charge in [0.05, 0.1) is 22.7 Å². The number of aryl methyl sites for hydroxylation is 1. The molecule has 0 aliphatic rings. The summed E-state index contributed by atoms with van der Waals surface area (Å²) in [6.07, 6.45) is 5.03. The molecular formula is C19H17BrN2O5S. The number of carbonyl (C=O) groups is 2. The number of hydrogen-bond acceptors (Lipinski definition) is 5. The standard InChI is InChI=1S/C19H17BrN2O5S/c1-3-10-21-28(25,26)15-7-5-14(6-8-15)19(24)27-12-18(23)22-17-9-4-13(2)11-16(17)20/h1,4-9,11,21H,10,12H2,2H3,(H,22,23). The van der Waals surface area contributed by atoms with Crippen LogP contribution in [0.2, 0.25) is 0 Å². The number of carbonyl (C=O) groups excluding carboxylic acids is 2. The monoisotopic (exact) mass is 464 g/mol. The molecule has 28 heavy (non-hydrogen) atoms. The van der Waals surface area contributed by atoms with E-state index in [0.717, 1.165) is 5.56 Å². The van der Waals surface area contributed by atoms with Crippen molar-refractivity contribution in [2.24, 2.45) is 0 Å². The van der Waals surface area contributed by atoms with Crippen LogP contribution in [0.3, 0.4) is 0 Å². The van der Waals surface area contributed by atoms with E-state index in [2.05, 4.69) is 31.9 Å². The molecule has 0 saturated carbocycles. The number of rotatable bonds is 7. The minimum Gasteiger partial charge on any atom is -0.452 e. The Labute approximate surface area is 171 Å². The van der Waals surface area contributed by atoms with Crippen molar-refractivity contribution < 1.29 is 22.7 Å². The molecule has 0 bridgehead atoms. The maximum absolute atomic E-state index is 12.0. The number of amides is 1. The average molecular weight is 465 g/mol. The SMILES string of the molecule is C#CCNS(=O)(=O)c1ccc(C(=O)OCC(=O)Nc2ccc(C)cc2Br)cc1. The molecule has 146 valence electrons. The first kappa shape index (κ1) is 21.6. The van der Waals surface area contributed by atoms with Gasteiger partial charge in [-0.05, 0) is 64.8 Å². The summed E-state index contributed by atoms with van der Waals surface area (Å²) < 4.78 is 31.7. The van der Waals surface area contributed by atoms with Gasteiger partial charge < -0.3 is 10.1 Å². The molecule has 0 atom stereocenters. The number of anilines is 1. The van der Waals surface area contributed by atoms with Crippen molar-refractivity contribution in [2.75, 3.05) is 18.5 Å². The maximum atomic E-state index is 12.0. The molecule has 2 aromatic carbocycles. The maximum Gasteiger partial charge on any atom is 0.338 e. The highest BCUT2D eigenvalue weighted by molar-refractivity contribution is 9.10. The van der Waals surface area contributed by atoms with Crippen molar-refractivity contribution in [2.45, 2.75) is 11.8 Å². The third kappa shape index (κ3) is 5.92. The molecule has 1 amide bonds. The molecule has 0 radical (unpaired) electrons. The number of ether oxygens (including phenoxy) is 1. The van der Waals surface area contributed by atoms with Gasteiger partial charge in [0.2, 0.25) is 10.0 Å². The van der Waals surface area contributed by atoms with Crippen LogP contribution in [0.5, 0.6) is 0 Å². The average Bonchev–Trinajstić information content (AvgIpc) is 2.67. The van der Waals surface area contributed by atoms with E-state index in [1.165, 1.54) is 24.3 Å². The lowest BCUT2D eigenvalue weighted by Gasteiger charge is -2.09. The highest BCUT2D eigenvalue weighted by atomic mass is 79.9. The molecule has 0 aliphatic carbocycles. The van der Waals surface area contributed by atoms with Gasteiger partial charge in [0.1, 0.15) is 0 Å². The Morgan fingerprint density at radius 3 is 2.46 bits per heavy atom. The Balaban J connectivity index is 1.94. The Morgan fingerprint density at radius 2 is 1.86 bits per heavy atom. The number of hydrogen-bond donors (Lipinski definition) is 2. The number of esters is 1. The Hall–Kier alpha value is -2.67. The zero-order valence-electron chi connectivity index (χ0n) is 14.9. The smallest absolute Gasteiger partial charge is 0.338 e. The lowest BCUT2D eigenvalue weighted by atomic mass is 10.2. The van der Waals surface area contributed by atoms with E-state index in [1.807, 2.05) is 19.1 Å². The topological polar surface area (TPSA) is 102 Å². The normalized spacial score (nSPS) is 10.8. The van der Waals surface area contributed by atoms with Gasteiger partial charge in [-0.25, -0.2) is 13.2 Å². The van der Waals surface area contributed by atoms with Crippen LogP contribution in [0.25, 0.3) is 0 Å². The van der Waals surface area contributed by atoms with Crippen molar-refractivity contribution in [3.63, 3.8) is 0 Å². The number of sulfonamides is 1. The molecule has 2 rings (SSSR count). The Kier molecular flexibility index (Phi) is 7.34. The van der Waals surface area contributed by atoms with Crippen molar-refractivity contribution in [3.05, 3.63) is 58.1 Å². The zero-order valence-corrected chi connectivity index (χ0v) is 17.3. The number of terminal acetylenes is 1. The summed E-state index contributed by atoms with van der Waals surface area (Å²) >= 11 is 3.34. The van der Waals surface area contributed by atoms with Crippen LogP contribution in [-0.2, 0) is 19.6 Å². The van der Waals surface area contributed by atoms with E-state index in [4.69, 9.17) is 11.2 Å². The van der Waals surface area contributed by atoms with E-state index >= 15 is 0 Å². The molecule has 2 aromatic rings. The summed E-state index contributed by atoms with van der Waals surface area (Å²) in [5, 5.41) is 2.63. The van der Waals surface area contributed by atoms with Crippen molar-refractivity contribution in [1.29, 1.82) is 0 Å². The molecule has 9 heteroatoms. The first-order valence-electron chi connectivity index (χ1n) is 7.99.